The Labute approximate surface area is 158 Å². The molecule has 1 atom stereocenters. The van der Waals surface area contributed by atoms with Gasteiger partial charge in [-0.25, -0.2) is 0 Å². The standard InChI is InChI=1S/C21H22N2O4/c1-3-20(24)23(2)16-10-8-15(9-11-16)21(25)22-13-12-17-14-26-18-6-4-5-7-19(18)27-17/h3-11,17H,1,12-14H2,2H3,(H,22,25). The smallest absolute Gasteiger partial charge is 0.251 e. The first kappa shape index (κ1) is 18.5. The molecule has 2 aromatic carbocycles. The number of carbonyl (C=O) groups is 2. The normalized spacial score (nSPS) is 14.9. The minimum atomic E-state index is -0.205. The van der Waals surface area contributed by atoms with Crippen molar-refractivity contribution in [1.29, 1.82) is 0 Å². The van der Waals surface area contributed by atoms with Gasteiger partial charge in [-0.3, -0.25) is 9.59 Å². The van der Waals surface area contributed by atoms with Crippen molar-refractivity contribution >= 4 is 17.5 Å². The third-order valence-electron chi connectivity index (χ3n) is 4.34. The number of nitrogens with zero attached hydrogens (tertiary/aromatic N) is 1. The molecule has 1 N–H and O–H groups in total. The number of nitrogens with one attached hydrogen (secondary N) is 1. The molecule has 1 unspecified atom stereocenters. The highest BCUT2D eigenvalue weighted by Crippen LogP contribution is 2.31. The Bertz CT molecular complexity index is 832. The Hall–Kier alpha value is -3.28. The zero-order chi connectivity index (χ0) is 19.2. The third-order valence-corrected chi connectivity index (χ3v) is 4.34. The van der Waals surface area contributed by atoms with E-state index < -0.39 is 0 Å². The van der Waals surface area contributed by atoms with E-state index in [1.54, 1.807) is 31.3 Å². The van der Waals surface area contributed by atoms with Crippen LogP contribution in [0.3, 0.4) is 0 Å². The Morgan fingerprint density at radius 2 is 1.89 bits per heavy atom. The summed E-state index contributed by atoms with van der Waals surface area (Å²) >= 11 is 0. The van der Waals surface area contributed by atoms with Gasteiger partial charge in [-0.1, -0.05) is 18.7 Å². The van der Waals surface area contributed by atoms with E-state index in [0.29, 0.717) is 30.8 Å². The topological polar surface area (TPSA) is 67.9 Å². The van der Waals surface area contributed by atoms with Gasteiger partial charge in [0.05, 0.1) is 0 Å². The van der Waals surface area contributed by atoms with E-state index in [-0.39, 0.29) is 17.9 Å². The first-order valence-corrected chi connectivity index (χ1v) is 8.75. The number of ether oxygens (including phenoxy) is 2. The van der Waals surface area contributed by atoms with Crippen LogP contribution in [-0.2, 0) is 4.79 Å². The van der Waals surface area contributed by atoms with Crippen molar-refractivity contribution in [3.8, 4) is 11.5 Å². The van der Waals surface area contributed by atoms with E-state index in [1.807, 2.05) is 24.3 Å². The van der Waals surface area contributed by atoms with Gasteiger partial charge in [0.2, 0.25) is 5.91 Å². The van der Waals surface area contributed by atoms with Gasteiger partial charge >= 0.3 is 0 Å². The molecule has 6 heteroatoms. The second-order valence-electron chi connectivity index (χ2n) is 6.19. The average Bonchev–Trinajstić information content (AvgIpc) is 2.72. The van der Waals surface area contributed by atoms with Crippen molar-refractivity contribution < 1.29 is 19.1 Å². The van der Waals surface area contributed by atoms with Crippen LogP contribution in [0.25, 0.3) is 0 Å². The van der Waals surface area contributed by atoms with Gasteiger partial charge in [-0.2, -0.15) is 0 Å². The highest BCUT2D eigenvalue weighted by atomic mass is 16.6. The minimum Gasteiger partial charge on any atom is -0.486 e. The van der Waals surface area contributed by atoms with Crippen molar-refractivity contribution in [3.05, 3.63) is 66.7 Å². The van der Waals surface area contributed by atoms with E-state index in [1.165, 1.54) is 11.0 Å². The summed E-state index contributed by atoms with van der Waals surface area (Å²) in [4.78, 5) is 25.3. The van der Waals surface area contributed by atoms with Gasteiger partial charge in [0.15, 0.2) is 11.5 Å². The molecule has 3 rings (SSSR count). The van der Waals surface area contributed by atoms with Crippen molar-refractivity contribution in [2.75, 3.05) is 25.1 Å². The fourth-order valence-corrected chi connectivity index (χ4v) is 2.75. The van der Waals surface area contributed by atoms with Gasteiger partial charge < -0.3 is 19.7 Å². The lowest BCUT2D eigenvalue weighted by Crippen LogP contribution is -2.34. The zero-order valence-corrected chi connectivity index (χ0v) is 15.2. The summed E-state index contributed by atoms with van der Waals surface area (Å²) < 4.78 is 11.5. The van der Waals surface area contributed by atoms with Crippen molar-refractivity contribution in [1.82, 2.24) is 5.32 Å². The Morgan fingerprint density at radius 3 is 2.59 bits per heavy atom. The van der Waals surface area contributed by atoms with Crippen LogP contribution in [0.2, 0.25) is 0 Å². The summed E-state index contributed by atoms with van der Waals surface area (Å²) in [5.41, 5.74) is 1.23. The summed E-state index contributed by atoms with van der Waals surface area (Å²) in [6.45, 7) is 4.40. The molecule has 140 valence electrons. The summed E-state index contributed by atoms with van der Waals surface area (Å²) in [7, 11) is 1.66. The first-order chi connectivity index (χ1) is 13.1. The minimum absolute atomic E-state index is 0.0962. The second kappa shape index (κ2) is 8.40. The van der Waals surface area contributed by atoms with Gasteiger partial charge in [-0.05, 0) is 42.5 Å². The van der Waals surface area contributed by atoms with E-state index in [9.17, 15) is 9.59 Å². The molecule has 0 bridgehead atoms. The molecule has 0 aromatic heterocycles. The number of anilines is 1. The number of likely N-dealkylation sites (N-methyl/N-ethyl adjacent to an activating group) is 1. The number of rotatable bonds is 6. The van der Waals surface area contributed by atoms with E-state index in [2.05, 4.69) is 11.9 Å². The monoisotopic (exact) mass is 366 g/mol. The third kappa shape index (κ3) is 4.47. The predicted octanol–water partition coefficient (Wildman–Crippen LogP) is 2.80. The molecule has 0 spiro atoms. The number of carbonyl (C=O) groups excluding carboxylic acids is 2. The lowest BCUT2D eigenvalue weighted by Gasteiger charge is -2.26. The lowest BCUT2D eigenvalue weighted by atomic mass is 10.1. The predicted molar refractivity (Wildman–Crippen MR) is 103 cm³/mol. The van der Waals surface area contributed by atoms with Gasteiger partial charge in [0.25, 0.3) is 5.91 Å². The molecule has 0 saturated carbocycles. The molecule has 0 saturated heterocycles. The lowest BCUT2D eigenvalue weighted by molar-refractivity contribution is -0.113. The van der Waals surface area contributed by atoms with Crippen LogP contribution in [0.15, 0.2) is 61.2 Å². The number of hydrogen-bond acceptors (Lipinski definition) is 4. The Balaban J connectivity index is 1.48. The quantitative estimate of drug-likeness (QED) is 0.799. The van der Waals surface area contributed by atoms with Gasteiger partial charge in [0, 0.05) is 31.3 Å². The molecule has 6 nitrogen and oxygen atoms in total. The number of fused-ring (bicyclic) bond motifs is 1. The average molecular weight is 366 g/mol. The van der Waals surface area contributed by atoms with Crippen molar-refractivity contribution in [2.24, 2.45) is 0 Å². The van der Waals surface area contributed by atoms with Crippen LogP contribution in [0.1, 0.15) is 16.8 Å². The van der Waals surface area contributed by atoms with Gasteiger partial charge in [0.1, 0.15) is 12.7 Å². The van der Waals surface area contributed by atoms with Crippen LogP contribution >= 0.6 is 0 Å². The van der Waals surface area contributed by atoms with Crippen LogP contribution in [-0.4, -0.2) is 38.1 Å². The number of para-hydroxylation sites is 2. The highest BCUT2D eigenvalue weighted by molar-refractivity contribution is 6.01. The summed E-state index contributed by atoms with van der Waals surface area (Å²) in [5.74, 6) is 1.10. The molecule has 0 aliphatic carbocycles. The van der Waals surface area contributed by atoms with E-state index >= 15 is 0 Å². The highest BCUT2D eigenvalue weighted by Gasteiger charge is 2.20. The Morgan fingerprint density at radius 1 is 1.19 bits per heavy atom. The van der Waals surface area contributed by atoms with Crippen LogP contribution in [0, 0.1) is 0 Å². The summed E-state index contributed by atoms with van der Waals surface area (Å²) in [5, 5.41) is 2.88. The molecule has 2 amide bonds. The number of benzene rings is 2. The molecule has 1 aliphatic rings. The second-order valence-corrected chi connectivity index (χ2v) is 6.19. The van der Waals surface area contributed by atoms with Gasteiger partial charge in [-0.15, -0.1) is 0 Å². The zero-order valence-electron chi connectivity index (χ0n) is 15.2. The summed E-state index contributed by atoms with van der Waals surface area (Å²) in [6, 6.07) is 14.4. The molecule has 0 fully saturated rings. The molecule has 0 radical (unpaired) electrons. The maximum atomic E-state index is 12.3. The molecule has 2 aromatic rings. The fraction of sp³-hybridized carbons (Fsp3) is 0.238. The van der Waals surface area contributed by atoms with E-state index in [0.717, 1.165) is 11.5 Å². The van der Waals surface area contributed by atoms with E-state index in [4.69, 9.17) is 9.47 Å². The largest absolute Gasteiger partial charge is 0.486 e. The maximum Gasteiger partial charge on any atom is 0.251 e. The fourth-order valence-electron chi connectivity index (χ4n) is 2.75. The van der Waals surface area contributed by atoms with Crippen LogP contribution in [0.5, 0.6) is 11.5 Å². The summed E-state index contributed by atoms with van der Waals surface area (Å²) in [6.07, 6.45) is 1.80. The molecule has 27 heavy (non-hydrogen) atoms. The molecular weight excluding hydrogens is 344 g/mol. The molecule has 1 aliphatic heterocycles. The number of hydrogen-bond donors (Lipinski definition) is 1. The van der Waals surface area contributed by atoms with Crippen LogP contribution < -0.4 is 19.7 Å². The molecule has 1 heterocycles. The first-order valence-electron chi connectivity index (χ1n) is 8.75. The van der Waals surface area contributed by atoms with Crippen molar-refractivity contribution in [3.63, 3.8) is 0 Å². The van der Waals surface area contributed by atoms with Crippen molar-refractivity contribution in [2.45, 2.75) is 12.5 Å². The number of amides is 2. The Kier molecular flexibility index (Phi) is 5.76. The maximum absolute atomic E-state index is 12.3. The van der Waals surface area contributed by atoms with Crippen LogP contribution in [0.4, 0.5) is 5.69 Å². The molecular formula is C21H22N2O4. The SMILES string of the molecule is C=CC(=O)N(C)c1ccc(C(=O)NCCC2COc3ccccc3O2)cc1.